The van der Waals surface area contributed by atoms with Gasteiger partial charge in [-0.15, -0.1) is 0 Å². The Kier molecular flexibility index (Phi) is 8.36. The molecule has 11 heteroatoms. The zero-order valence-electron chi connectivity index (χ0n) is 24.9. The minimum absolute atomic E-state index is 0.148. The molecule has 2 fully saturated rings. The first-order valence-corrected chi connectivity index (χ1v) is 15.7. The summed E-state index contributed by atoms with van der Waals surface area (Å²) in [6.07, 6.45) is 9.70. The van der Waals surface area contributed by atoms with Crippen LogP contribution in [0.3, 0.4) is 0 Å². The molecule has 224 valence electrons. The quantitative estimate of drug-likeness (QED) is 0.249. The van der Waals surface area contributed by atoms with Crippen LogP contribution in [-0.4, -0.2) is 55.0 Å². The van der Waals surface area contributed by atoms with E-state index in [2.05, 4.69) is 45.4 Å². The van der Waals surface area contributed by atoms with E-state index in [4.69, 9.17) is 30.8 Å². The molecule has 1 saturated carbocycles. The second-order valence-corrected chi connectivity index (χ2v) is 12.4. The third-order valence-corrected chi connectivity index (χ3v) is 9.22. The maximum absolute atomic E-state index is 11.9. The number of anilines is 1. The zero-order chi connectivity index (χ0) is 29.4. The van der Waals surface area contributed by atoms with Crippen LogP contribution in [0.1, 0.15) is 71.4 Å². The number of aromatic nitrogens is 6. The summed E-state index contributed by atoms with van der Waals surface area (Å²) < 4.78 is 13.5. The van der Waals surface area contributed by atoms with E-state index in [1.165, 1.54) is 25.7 Å². The van der Waals surface area contributed by atoms with Gasteiger partial charge in [-0.3, -0.25) is 14.5 Å². The molecule has 1 aliphatic heterocycles. The summed E-state index contributed by atoms with van der Waals surface area (Å²) in [6.45, 7) is 11.0. The van der Waals surface area contributed by atoms with E-state index in [-0.39, 0.29) is 18.0 Å². The van der Waals surface area contributed by atoms with Gasteiger partial charge in [0.2, 0.25) is 11.8 Å². The predicted octanol–water partition coefficient (Wildman–Crippen LogP) is 6.41. The lowest BCUT2D eigenvalue weighted by Gasteiger charge is -2.42. The van der Waals surface area contributed by atoms with Crippen molar-refractivity contribution in [2.45, 2.75) is 91.3 Å². The highest BCUT2D eigenvalue weighted by Crippen LogP contribution is 2.39. The Morgan fingerprint density at radius 3 is 2.67 bits per heavy atom. The fourth-order valence-electron chi connectivity index (χ4n) is 6.76. The van der Waals surface area contributed by atoms with Crippen molar-refractivity contribution in [2.24, 2.45) is 11.8 Å². The lowest BCUT2D eigenvalue weighted by molar-refractivity contribution is 0.00601. The van der Waals surface area contributed by atoms with Crippen molar-refractivity contribution in [1.82, 2.24) is 29.7 Å². The Hall–Kier alpha value is -3.24. The highest BCUT2D eigenvalue weighted by atomic mass is 35.5. The Balaban J connectivity index is 1.60. The molecule has 2 aliphatic rings. The summed E-state index contributed by atoms with van der Waals surface area (Å²) in [5.74, 6) is 1.89. The number of ether oxygens (including phenoxy) is 1. The molecule has 6 rings (SSSR count). The van der Waals surface area contributed by atoms with Crippen LogP contribution in [0.15, 0.2) is 27.6 Å². The van der Waals surface area contributed by atoms with Crippen LogP contribution in [0, 0.1) is 18.8 Å². The number of imidazole rings is 1. The average Bonchev–Trinajstić information content (AvgIpc) is 3.59. The van der Waals surface area contributed by atoms with Gasteiger partial charge in [0.15, 0.2) is 0 Å². The van der Waals surface area contributed by atoms with Gasteiger partial charge in [-0.1, -0.05) is 56.8 Å². The van der Waals surface area contributed by atoms with Crippen LogP contribution in [-0.2, 0) is 11.3 Å². The fourth-order valence-corrected chi connectivity index (χ4v) is 6.92. The van der Waals surface area contributed by atoms with Gasteiger partial charge in [0, 0.05) is 30.5 Å². The third kappa shape index (κ3) is 5.58. The fraction of sp³-hybridized carbons (Fsp3) is 0.581. The number of halogens is 1. The van der Waals surface area contributed by atoms with Crippen molar-refractivity contribution in [3.63, 3.8) is 0 Å². The molecule has 0 aromatic carbocycles. The number of hydrogen-bond donors (Lipinski definition) is 1. The summed E-state index contributed by atoms with van der Waals surface area (Å²) in [5.41, 5.74) is 4.55. The molecule has 4 aromatic rings. The van der Waals surface area contributed by atoms with Crippen molar-refractivity contribution < 1.29 is 9.26 Å². The molecule has 42 heavy (non-hydrogen) atoms. The van der Waals surface area contributed by atoms with Gasteiger partial charge in [0.25, 0.3) is 0 Å². The highest BCUT2D eigenvalue weighted by Gasteiger charge is 2.35. The molecule has 10 nitrogen and oxygen atoms in total. The van der Waals surface area contributed by atoms with E-state index in [0.29, 0.717) is 28.9 Å². The van der Waals surface area contributed by atoms with Gasteiger partial charge in [0.1, 0.15) is 5.69 Å². The molecule has 1 aliphatic carbocycles. The van der Waals surface area contributed by atoms with Gasteiger partial charge in [0.05, 0.1) is 40.5 Å². The van der Waals surface area contributed by atoms with Crippen molar-refractivity contribution in [3.8, 4) is 22.8 Å². The molecule has 0 radical (unpaired) electrons. The normalized spacial score (nSPS) is 23.1. The standard InChI is InChI=1S/C31H40ClN7O3/c1-5-7-25-26(6-2)41-13-12-38(25)30-35-23-15-24(29-36-31(40)42-37-29)34-27(22-14-21(32)16-33-19(22)4)28(23)39(30)17-20-10-8-18(3)9-11-20/h14-16,18,20,25-26H,5-13,17H2,1-4H3,(H,36,37,40). The maximum atomic E-state index is 11.9. The van der Waals surface area contributed by atoms with E-state index in [9.17, 15) is 4.79 Å². The second kappa shape index (κ2) is 12.2. The number of H-pyrrole nitrogens is 1. The number of nitrogens with one attached hydrogen (secondary N) is 1. The van der Waals surface area contributed by atoms with Crippen molar-refractivity contribution in [3.05, 3.63) is 39.6 Å². The number of nitrogens with zero attached hydrogens (tertiary/aromatic N) is 6. The smallest absolute Gasteiger partial charge is 0.374 e. The Bertz CT molecular complexity index is 1600. The molecule has 1 N–H and O–H groups in total. The number of pyridine rings is 2. The Morgan fingerprint density at radius 1 is 1.14 bits per heavy atom. The summed E-state index contributed by atoms with van der Waals surface area (Å²) in [4.78, 5) is 32.0. The number of aromatic amines is 1. The largest absolute Gasteiger partial charge is 0.439 e. The van der Waals surface area contributed by atoms with E-state index in [0.717, 1.165) is 66.5 Å². The first kappa shape index (κ1) is 28.9. The molecular weight excluding hydrogens is 554 g/mol. The van der Waals surface area contributed by atoms with Crippen LogP contribution < -0.4 is 10.7 Å². The number of hydrogen-bond acceptors (Lipinski definition) is 8. The predicted molar refractivity (Wildman–Crippen MR) is 164 cm³/mol. The lowest BCUT2D eigenvalue weighted by atomic mass is 9.83. The van der Waals surface area contributed by atoms with Crippen LogP contribution in [0.25, 0.3) is 33.8 Å². The number of aryl methyl sites for hydroxylation is 1. The maximum Gasteiger partial charge on any atom is 0.439 e. The summed E-state index contributed by atoms with van der Waals surface area (Å²) in [5, 5.41) is 4.46. The topological polar surface area (TPSA) is 115 Å². The van der Waals surface area contributed by atoms with Gasteiger partial charge in [-0.2, -0.15) is 0 Å². The van der Waals surface area contributed by atoms with Gasteiger partial charge >= 0.3 is 5.76 Å². The Labute approximate surface area is 250 Å². The molecule has 2 unspecified atom stereocenters. The van der Waals surface area contributed by atoms with Crippen molar-refractivity contribution in [1.29, 1.82) is 0 Å². The molecule has 0 spiro atoms. The average molecular weight is 594 g/mol. The highest BCUT2D eigenvalue weighted by molar-refractivity contribution is 6.30. The summed E-state index contributed by atoms with van der Waals surface area (Å²) in [6, 6.07) is 4.03. The monoisotopic (exact) mass is 593 g/mol. The first-order chi connectivity index (χ1) is 20.4. The van der Waals surface area contributed by atoms with E-state index in [1.807, 2.05) is 19.1 Å². The molecule has 0 bridgehead atoms. The molecule has 2 atom stereocenters. The van der Waals surface area contributed by atoms with Gasteiger partial charge in [-0.05, 0) is 56.6 Å². The summed E-state index contributed by atoms with van der Waals surface area (Å²) >= 11 is 6.49. The first-order valence-electron chi connectivity index (χ1n) is 15.3. The lowest BCUT2D eigenvalue weighted by Crippen LogP contribution is -2.52. The summed E-state index contributed by atoms with van der Waals surface area (Å²) in [7, 11) is 0. The number of morpholine rings is 1. The van der Waals surface area contributed by atoms with Crippen LogP contribution >= 0.6 is 11.6 Å². The molecule has 1 saturated heterocycles. The number of fused-ring (bicyclic) bond motifs is 1. The SMILES string of the molecule is CCCC1C(CC)OCCN1c1nc2cc(-c3noc(=O)[nH]3)nc(-c3cc(Cl)cnc3C)c2n1CC1CCC(C)CC1. The zero-order valence-corrected chi connectivity index (χ0v) is 25.7. The van der Waals surface area contributed by atoms with Gasteiger partial charge in [-0.25, -0.2) is 14.8 Å². The van der Waals surface area contributed by atoms with E-state index >= 15 is 0 Å². The van der Waals surface area contributed by atoms with Crippen molar-refractivity contribution >= 4 is 28.6 Å². The minimum atomic E-state index is -0.631. The van der Waals surface area contributed by atoms with E-state index < -0.39 is 5.76 Å². The van der Waals surface area contributed by atoms with Crippen molar-refractivity contribution in [2.75, 3.05) is 18.1 Å². The molecule has 4 aromatic heterocycles. The third-order valence-electron chi connectivity index (χ3n) is 9.01. The molecule has 5 heterocycles. The van der Waals surface area contributed by atoms with Crippen LogP contribution in [0.4, 0.5) is 5.95 Å². The second-order valence-electron chi connectivity index (χ2n) is 12.0. The minimum Gasteiger partial charge on any atom is -0.374 e. The van der Waals surface area contributed by atoms with E-state index in [1.54, 1.807) is 6.20 Å². The van der Waals surface area contributed by atoms with Gasteiger partial charge < -0.3 is 14.2 Å². The molecular formula is C31H40ClN7O3. The van der Waals surface area contributed by atoms with Crippen LogP contribution in [0.2, 0.25) is 5.02 Å². The van der Waals surface area contributed by atoms with Crippen LogP contribution in [0.5, 0.6) is 0 Å². The molecule has 0 amide bonds. The Morgan fingerprint density at radius 2 is 1.95 bits per heavy atom. The number of rotatable bonds is 8.